The van der Waals surface area contributed by atoms with Crippen LogP contribution in [-0.2, 0) is 11.3 Å². The molecule has 0 amide bonds. The molecule has 0 bridgehead atoms. The first-order valence-corrected chi connectivity index (χ1v) is 5.43. The second-order valence-electron chi connectivity index (χ2n) is 3.75. The Morgan fingerprint density at radius 1 is 1.44 bits per heavy atom. The maximum atomic E-state index is 11.3. The molecule has 1 heterocycles. The summed E-state index contributed by atoms with van der Waals surface area (Å²) in [5.41, 5.74) is -0.779. The van der Waals surface area contributed by atoms with E-state index in [2.05, 4.69) is 4.98 Å². The number of aliphatic carboxylic acids is 1. The number of carboxylic acid groups (broad SMARTS) is 1. The van der Waals surface area contributed by atoms with Gasteiger partial charge < -0.3 is 5.11 Å². The maximum Gasteiger partial charge on any atom is 0.347 e. The average molecular weight is 255 g/mol. The molecule has 0 aliphatic heterocycles. The number of nitro groups is 1. The summed E-state index contributed by atoms with van der Waals surface area (Å²) in [6.45, 7) is 0.299. The van der Waals surface area contributed by atoms with Crippen molar-refractivity contribution in [3.8, 4) is 0 Å². The smallest absolute Gasteiger partial charge is 0.347 e. The molecule has 0 saturated carbocycles. The molecule has 1 rings (SSSR count). The van der Waals surface area contributed by atoms with Crippen LogP contribution in [0.2, 0.25) is 0 Å². The number of nitrogens with zero attached hydrogens (tertiary/aromatic N) is 3. The summed E-state index contributed by atoms with van der Waals surface area (Å²) in [6.07, 6.45) is 3.89. The number of rotatable bonds is 7. The molecule has 0 spiro atoms. The molecule has 8 nitrogen and oxygen atoms in total. The Morgan fingerprint density at radius 2 is 2.17 bits per heavy atom. The van der Waals surface area contributed by atoms with Crippen LogP contribution in [0.3, 0.4) is 0 Å². The fourth-order valence-electron chi connectivity index (χ4n) is 1.43. The molecule has 1 N–H and O–H groups in total. The van der Waals surface area contributed by atoms with E-state index in [4.69, 9.17) is 5.11 Å². The van der Waals surface area contributed by atoms with Gasteiger partial charge in [0, 0.05) is 13.0 Å². The lowest BCUT2D eigenvalue weighted by Crippen LogP contribution is -2.22. The van der Waals surface area contributed by atoms with E-state index in [9.17, 15) is 19.7 Å². The molecular formula is C10H13N3O5. The minimum atomic E-state index is -0.857. The van der Waals surface area contributed by atoms with Crippen molar-refractivity contribution in [3.05, 3.63) is 33.0 Å². The molecule has 1 aromatic rings. The van der Waals surface area contributed by atoms with Gasteiger partial charge >= 0.3 is 17.3 Å². The van der Waals surface area contributed by atoms with Crippen LogP contribution < -0.4 is 5.69 Å². The van der Waals surface area contributed by atoms with Crippen LogP contribution in [-0.4, -0.2) is 25.6 Å². The van der Waals surface area contributed by atoms with Gasteiger partial charge in [0.15, 0.2) is 0 Å². The summed E-state index contributed by atoms with van der Waals surface area (Å²) in [5.74, 6) is -0.857. The van der Waals surface area contributed by atoms with Gasteiger partial charge in [0.1, 0.15) is 6.20 Å². The molecule has 0 unspecified atom stereocenters. The highest BCUT2D eigenvalue weighted by Crippen LogP contribution is 2.06. The van der Waals surface area contributed by atoms with Crippen LogP contribution in [0.1, 0.15) is 25.7 Å². The number of carboxylic acids is 1. The molecule has 18 heavy (non-hydrogen) atoms. The number of aromatic nitrogens is 2. The number of carbonyl (C=O) groups is 1. The van der Waals surface area contributed by atoms with Crippen molar-refractivity contribution < 1.29 is 14.8 Å². The lowest BCUT2D eigenvalue weighted by Gasteiger charge is -2.03. The van der Waals surface area contributed by atoms with Gasteiger partial charge in [-0.15, -0.1) is 0 Å². The van der Waals surface area contributed by atoms with E-state index in [1.54, 1.807) is 0 Å². The van der Waals surface area contributed by atoms with Gasteiger partial charge in [-0.3, -0.25) is 19.5 Å². The Balaban J connectivity index is 2.51. The Kier molecular flexibility index (Phi) is 4.97. The predicted molar refractivity (Wildman–Crippen MR) is 61.3 cm³/mol. The van der Waals surface area contributed by atoms with E-state index in [0.717, 1.165) is 12.4 Å². The van der Waals surface area contributed by atoms with Crippen molar-refractivity contribution in [2.45, 2.75) is 32.2 Å². The Bertz CT molecular complexity index is 497. The minimum Gasteiger partial charge on any atom is -0.481 e. The maximum absolute atomic E-state index is 11.3. The highest BCUT2D eigenvalue weighted by molar-refractivity contribution is 5.66. The first-order chi connectivity index (χ1) is 8.50. The van der Waals surface area contributed by atoms with E-state index in [-0.39, 0.29) is 12.1 Å². The molecule has 0 aliphatic rings. The molecule has 8 heteroatoms. The average Bonchev–Trinajstić information content (AvgIpc) is 2.30. The van der Waals surface area contributed by atoms with Crippen molar-refractivity contribution in [1.82, 2.24) is 9.55 Å². The Labute approximate surface area is 102 Å². The summed E-state index contributed by atoms with van der Waals surface area (Å²) >= 11 is 0. The lowest BCUT2D eigenvalue weighted by atomic mass is 10.2. The van der Waals surface area contributed by atoms with Crippen molar-refractivity contribution >= 4 is 11.7 Å². The zero-order chi connectivity index (χ0) is 13.5. The van der Waals surface area contributed by atoms with Crippen LogP contribution in [0.25, 0.3) is 0 Å². The SMILES string of the molecule is O=C(O)CCCCCn1cc([N+](=O)[O-])cnc1=O. The van der Waals surface area contributed by atoms with Crippen LogP contribution in [0.5, 0.6) is 0 Å². The van der Waals surface area contributed by atoms with Crippen molar-refractivity contribution in [1.29, 1.82) is 0 Å². The summed E-state index contributed by atoms with van der Waals surface area (Å²) in [6, 6.07) is 0. The molecule has 1 aromatic heterocycles. The zero-order valence-electron chi connectivity index (χ0n) is 9.61. The Morgan fingerprint density at radius 3 is 2.78 bits per heavy atom. The number of unbranched alkanes of at least 4 members (excludes halogenated alkanes) is 2. The first-order valence-electron chi connectivity index (χ1n) is 5.43. The molecule has 0 aliphatic carbocycles. The van der Waals surface area contributed by atoms with Gasteiger partial charge in [0.05, 0.1) is 11.1 Å². The van der Waals surface area contributed by atoms with Crippen LogP contribution >= 0.6 is 0 Å². The van der Waals surface area contributed by atoms with Gasteiger partial charge in [-0.2, -0.15) is 4.98 Å². The fourth-order valence-corrected chi connectivity index (χ4v) is 1.43. The number of hydrogen-bond acceptors (Lipinski definition) is 5. The van der Waals surface area contributed by atoms with Crippen LogP contribution in [0.4, 0.5) is 5.69 Å². The van der Waals surface area contributed by atoms with Gasteiger partial charge in [-0.05, 0) is 12.8 Å². The van der Waals surface area contributed by atoms with Crippen molar-refractivity contribution in [2.75, 3.05) is 0 Å². The third kappa shape index (κ3) is 4.32. The highest BCUT2D eigenvalue weighted by atomic mass is 16.6. The molecule has 0 fully saturated rings. The molecule has 0 aromatic carbocycles. The molecular weight excluding hydrogens is 242 g/mol. The fraction of sp³-hybridized carbons (Fsp3) is 0.500. The standard InChI is InChI=1S/C10H13N3O5/c14-9(15)4-2-1-3-5-12-7-8(13(17)18)6-11-10(12)16/h6-7H,1-5H2,(H,14,15). The van der Waals surface area contributed by atoms with Crippen molar-refractivity contribution in [2.24, 2.45) is 0 Å². The van der Waals surface area contributed by atoms with Crippen molar-refractivity contribution in [3.63, 3.8) is 0 Å². The zero-order valence-corrected chi connectivity index (χ0v) is 9.61. The second kappa shape index (κ2) is 6.48. The molecule has 98 valence electrons. The Hall–Kier alpha value is -2.25. The van der Waals surface area contributed by atoms with Gasteiger partial charge in [0.25, 0.3) is 0 Å². The number of aryl methyl sites for hydroxylation is 1. The number of hydrogen-bond donors (Lipinski definition) is 1. The third-order valence-corrected chi connectivity index (χ3v) is 2.34. The van der Waals surface area contributed by atoms with Gasteiger partial charge in [0.2, 0.25) is 0 Å². The quantitative estimate of drug-likeness (QED) is 0.437. The van der Waals surface area contributed by atoms with Crippen LogP contribution in [0.15, 0.2) is 17.2 Å². The van der Waals surface area contributed by atoms with E-state index in [1.807, 2.05) is 0 Å². The largest absolute Gasteiger partial charge is 0.481 e. The summed E-state index contributed by atoms with van der Waals surface area (Å²) in [7, 11) is 0. The summed E-state index contributed by atoms with van der Waals surface area (Å²) in [5, 5.41) is 18.9. The summed E-state index contributed by atoms with van der Waals surface area (Å²) in [4.78, 5) is 34.8. The topological polar surface area (TPSA) is 115 Å². The van der Waals surface area contributed by atoms with Gasteiger partial charge in [-0.25, -0.2) is 4.79 Å². The predicted octanol–water partition coefficient (Wildman–Crippen LogP) is 0.796. The summed E-state index contributed by atoms with van der Waals surface area (Å²) < 4.78 is 1.17. The second-order valence-corrected chi connectivity index (χ2v) is 3.75. The first kappa shape index (κ1) is 13.8. The van der Waals surface area contributed by atoms with E-state index >= 15 is 0 Å². The normalized spacial score (nSPS) is 10.2. The lowest BCUT2D eigenvalue weighted by molar-refractivity contribution is -0.385. The van der Waals surface area contributed by atoms with E-state index in [1.165, 1.54) is 4.57 Å². The minimum absolute atomic E-state index is 0.0854. The van der Waals surface area contributed by atoms with Crippen LogP contribution in [0, 0.1) is 10.1 Å². The van der Waals surface area contributed by atoms with Gasteiger partial charge in [-0.1, -0.05) is 6.42 Å². The van der Waals surface area contributed by atoms with E-state index in [0.29, 0.717) is 25.8 Å². The molecule has 0 atom stereocenters. The highest BCUT2D eigenvalue weighted by Gasteiger charge is 2.08. The monoisotopic (exact) mass is 255 g/mol. The molecule has 0 saturated heterocycles. The third-order valence-electron chi connectivity index (χ3n) is 2.34. The van der Waals surface area contributed by atoms with E-state index < -0.39 is 16.6 Å². The molecule has 0 radical (unpaired) electrons.